The number of aromatic nitrogens is 4. The van der Waals surface area contributed by atoms with Crippen molar-refractivity contribution in [1.82, 2.24) is 19.7 Å². The van der Waals surface area contributed by atoms with E-state index in [0.29, 0.717) is 37.1 Å². The molecular weight excluding hydrogens is 396 g/mol. The van der Waals surface area contributed by atoms with E-state index in [9.17, 15) is 14.7 Å². The first-order chi connectivity index (χ1) is 14.7. The molecule has 0 aliphatic heterocycles. The summed E-state index contributed by atoms with van der Waals surface area (Å²) in [6.07, 6.45) is 6.15. The number of Topliss-reactive ketones (excluding diaryl/α,β-unsaturated/α-hetero) is 1. The first-order valence-corrected chi connectivity index (χ1v) is 11.0. The molecule has 9 heteroatoms. The molecule has 4 rings (SSSR count). The van der Waals surface area contributed by atoms with Gasteiger partial charge in [0.15, 0.2) is 23.1 Å². The lowest BCUT2D eigenvalue weighted by atomic mass is 9.75. The van der Waals surface area contributed by atoms with E-state index in [-0.39, 0.29) is 28.8 Å². The van der Waals surface area contributed by atoms with Crippen LogP contribution in [0.3, 0.4) is 0 Å². The van der Waals surface area contributed by atoms with Crippen LogP contribution in [0.1, 0.15) is 85.1 Å². The largest absolute Gasteiger partial charge is 0.391 e. The average Bonchev–Trinajstić information content (AvgIpc) is 3.07. The van der Waals surface area contributed by atoms with Crippen molar-refractivity contribution in [3.05, 3.63) is 28.8 Å². The zero-order valence-electron chi connectivity index (χ0n) is 18.3. The Morgan fingerprint density at radius 1 is 1.32 bits per heavy atom. The number of hydrogen-bond acceptors (Lipinski definition) is 7. The molecule has 0 aromatic carbocycles. The first-order valence-electron chi connectivity index (χ1n) is 11.0. The molecule has 2 aromatic rings. The summed E-state index contributed by atoms with van der Waals surface area (Å²) in [5.41, 5.74) is 7.61. The molecule has 2 aromatic heterocycles. The number of amides is 1. The van der Waals surface area contributed by atoms with E-state index in [4.69, 9.17) is 5.73 Å². The SMILES string of the molecule is CCc1nn(-c2cnc(C(N)=O)c(NC3CCCCC3O)n2)c2c1C(=O)CC(C)(C)C2. The first kappa shape index (κ1) is 21.4. The van der Waals surface area contributed by atoms with Gasteiger partial charge < -0.3 is 16.2 Å². The Bertz CT molecular complexity index is 1030. The third-order valence-corrected chi connectivity index (χ3v) is 6.21. The average molecular weight is 427 g/mol. The number of hydrogen-bond donors (Lipinski definition) is 3. The van der Waals surface area contributed by atoms with E-state index >= 15 is 0 Å². The predicted molar refractivity (Wildman–Crippen MR) is 115 cm³/mol. The number of ketones is 1. The van der Waals surface area contributed by atoms with Gasteiger partial charge in [-0.1, -0.05) is 33.6 Å². The van der Waals surface area contributed by atoms with Gasteiger partial charge in [0.1, 0.15) is 0 Å². The summed E-state index contributed by atoms with van der Waals surface area (Å²) in [6, 6.07) is -0.227. The van der Waals surface area contributed by atoms with Crippen LogP contribution >= 0.6 is 0 Å². The highest BCUT2D eigenvalue weighted by Crippen LogP contribution is 2.37. The number of primary amides is 1. The second-order valence-electron chi connectivity index (χ2n) is 9.37. The van der Waals surface area contributed by atoms with Crippen LogP contribution in [-0.2, 0) is 12.8 Å². The van der Waals surface area contributed by atoms with Crippen LogP contribution in [0, 0.1) is 5.41 Å². The van der Waals surface area contributed by atoms with Crippen molar-refractivity contribution in [2.45, 2.75) is 77.9 Å². The van der Waals surface area contributed by atoms with Crippen molar-refractivity contribution in [1.29, 1.82) is 0 Å². The van der Waals surface area contributed by atoms with Gasteiger partial charge >= 0.3 is 0 Å². The summed E-state index contributed by atoms with van der Waals surface area (Å²) in [4.78, 5) is 33.7. The minimum atomic E-state index is -0.695. The second-order valence-corrected chi connectivity index (χ2v) is 9.37. The molecule has 9 nitrogen and oxygen atoms in total. The minimum absolute atomic E-state index is 0.0228. The van der Waals surface area contributed by atoms with Crippen molar-refractivity contribution >= 4 is 17.5 Å². The van der Waals surface area contributed by atoms with Crippen molar-refractivity contribution in [2.24, 2.45) is 11.1 Å². The number of rotatable bonds is 5. The molecular formula is C22H30N6O3. The normalized spacial score (nSPS) is 22.8. The molecule has 2 heterocycles. The number of carbonyl (C=O) groups excluding carboxylic acids is 2. The van der Waals surface area contributed by atoms with Gasteiger partial charge in [-0.3, -0.25) is 9.59 Å². The molecule has 0 spiro atoms. The Morgan fingerprint density at radius 3 is 2.74 bits per heavy atom. The van der Waals surface area contributed by atoms with Crippen LogP contribution in [0.4, 0.5) is 5.82 Å². The zero-order valence-corrected chi connectivity index (χ0v) is 18.3. The van der Waals surface area contributed by atoms with E-state index < -0.39 is 12.0 Å². The molecule has 1 saturated carbocycles. The summed E-state index contributed by atoms with van der Waals surface area (Å²) < 4.78 is 1.67. The van der Waals surface area contributed by atoms with E-state index in [2.05, 4.69) is 34.2 Å². The van der Waals surface area contributed by atoms with Crippen LogP contribution in [0.25, 0.3) is 5.82 Å². The minimum Gasteiger partial charge on any atom is -0.391 e. The fourth-order valence-corrected chi connectivity index (χ4v) is 4.68. The molecule has 166 valence electrons. The fourth-order valence-electron chi connectivity index (χ4n) is 4.68. The monoisotopic (exact) mass is 426 g/mol. The van der Waals surface area contributed by atoms with Crippen LogP contribution < -0.4 is 11.1 Å². The van der Waals surface area contributed by atoms with E-state index in [1.807, 2.05) is 6.92 Å². The lowest BCUT2D eigenvalue weighted by Gasteiger charge is -2.30. The number of aliphatic hydroxyl groups excluding tert-OH is 1. The third kappa shape index (κ3) is 4.06. The van der Waals surface area contributed by atoms with E-state index in [1.165, 1.54) is 6.20 Å². The number of nitrogens with two attached hydrogens (primary N) is 1. The summed E-state index contributed by atoms with van der Waals surface area (Å²) in [7, 11) is 0. The molecule has 1 amide bonds. The van der Waals surface area contributed by atoms with Gasteiger partial charge in [-0.2, -0.15) is 5.10 Å². The van der Waals surface area contributed by atoms with Crippen LogP contribution in [-0.4, -0.2) is 48.7 Å². The van der Waals surface area contributed by atoms with Crippen LogP contribution in [0.2, 0.25) is 0 Å². The van der Waals surface area contributed by atoms with Crippen LogP contribution in [0.15, 0.2) is 6.20 Å². The Hall–Kier alpha value is -2.81. The summed E-state index contributed by atoms with van der Waals surface area (Å²) in [5, 5.41) is 18.2. The third-order valence-electron chi connectivity index (χ3n) is 6.21. The second kappa shape index (κ2) is 8.03. The van der Waals surface area contributed by atoms with Crippen molar-refractivity contribution < 1.29 is 14.7 Å². The van der Waals surface area contributed by atoms with E-state index in [1.54, 1.807) is 4.68 Å². The van der Waals surface area contributed by atoms with Gasteiger partial charge in [0.05, 0.1) is 35.3 Å². The van der Waals surface area contributed by atoms with Crippen LogP contribution in [0.5, 0.6) is 0 Å². The number of aryl methyl sites for hydroxylation is 1. The number of nitrogens with one attached hydrogen (secondary N) is 1. The zero-order chi connectivity index (χ0) is 22.3. The number of anilines is 1. The molecule has 4 N–H and O–H groups in total. The summed E-state index contributed by atoms with van der Waals surface area (Å²) in [5.74, 6) is 0.0542. The smallest absolute Gasteiger partial charge is 0.271 e. The predicted octanol–water partition coefficient (Wildman–Crippen LogP) is 2.19. The number of carbonyl (C=O) groups is 2. The Balaban J connectivity index is 1.79. The summed E-state index contributed by atoms with van der Waals surface area (Å²) in [6.45, 7) is 6.10. The fraction of sp³-hybridized carbons (Fsp3) is 0.591. The topological polar surface area (TPSA) is 136 Å². The highest BCUT2D eigenvalue weighted by Gasteiger charge is 2.36. The van der Waals surface area contributed by atoms with Gasteiger partial charge in [0.2, 0.25) is 0 Å². The molecule has 2 aliphatic rings. The lowest BCUT2D eigenvalue weighted by Crippen LogP contribution is -2.37. The Labute approximate surface area is 181 Å². The van der Waals surface area contributed by atoms with Gasteiger partial charge in [0, 0.05) is 6.42 Å². The molecule has 0 bridgehead atoms. The maximum atomic E-state index is 12.8. The van der Waals surface area contributed by atoms with Gasteiger partial charge in [0.25, 0.3) is 5.91 Å². The summed E-state index contributed by atoms with van der Waals surface area (Å²) >= 11 is 0. The van der Waals surface area contributed by atoms with Crippen molar-refractivity contribution in [3.63, 3.8) is 0 Å². The molecule has 0 radical (unpaired) electrons. The number of aliphatic hydroxyl groups is 1. The molecule has 31 heavy (non-hydrogen) atoms. The maximum absolute atomic E-state index is 12.8. The van der Waals surface area contributed by atoms with Gasteiger partial charge in [-0.15, -0.1) is 0 Å². The number of fused-ring (bicyclic) bond motifs is 1. The molecule has 2 atom stereocenters. The molecule has 2 aliphatic carbocycles. The number of nitrogens with zero attached hydrogens (tertiary/aromatic N) is 4. The van der Waals surface area contributed by atoms with E-state index in [0.717, 1.165) is 30.7 Å². The van der Waals surface area contributed by atoms with Gasteiger partial charge in [-0.25, -0.2) is 14.6 Å². The quantitative estimate of drug-likeness (QED) is 0.667. The van der Waals surface area contributed by atoms with Crippen molar-refractivity contribution in [2.75, 3.05) is 5.32 Å². The van der Waals surface area contributed by atoms with Gasteiger partial charge in [-0.05, 0) is 31.1 Å². The Kier molecular flexibility index (Phi) is 5.55. The van der Waals surface area contributed by atoms with Crippen molar-refractivity contribution in [3.8, 4) is 5.82 Å². The highest BCUT2D eigenvalue weighted by atomic mass is 16.3. The lowest BCUT2D eigenvalue weighted by molar-refractivity contribution is 0.0909. The Morgan fingerprint density at radius 2 is 2.06 bits per heavy atom. The standard InChI is InChI=1S/C22H30N6O3/c1-4-12-18-14(9-22(2,3)10-16(18)30)28(27-12)17-11-24-19(20(23)31)21(26-17)25-13-7-5-6-8-15(13)29/h11,13,15,29H,4-10H2,1-3H3,(H2,23,31)(H,25,26). The highest BCUT2D eigenvalue weighted by molar-refractivity contribution is 6.00. The molecule has 1 fully saturated rings. The molecule has 0 saturated heterocycles. The molecule has 2 unspecified atom stereocenters. The maximum Gasteiger partial charge on any atom is 0.271 e.